The molecule has 156 valence electrons. The molecule has 2 aromatic rings. The molecule has 0 saturated heterocycles. The Bertz CT molecular complexity index is 759. The van der Waals surface area contributed by atoms with Crippen molar-refractivity contribution >= 4 is 11.8 Å². The van der Waals surface area contributed by atoms with Crippen LogP contribution in [0.4, 0.5) is 0 Å². The number of carbonyl (C=O) groups excluding carboxylic acids is 2. The fraction of sp³-hybridized carbons (Fsp3) is 0.417. The Morgan fingerprint density at radius 3 is 2.24 bits per heavy atom. The van der Waals surface area contributed by atoms with Crippen LogP contribution >= 0.6 is 0 Å². The van der Waals surface area contributed by atoms with Crippen LogP contribution in [0.25, 0.3) is 0 Å². The molecular formula is C24H32N2O3. The van der Waals surface area contributed by atoms with Crippen LogP contribution in [0, 0.1) is 0 Å². The van der Waals surface area contributed by atoms with Gasteiger partial charge in [-0.2, -0.15) is 0 Å². The van der Waals surface area contributed by atoms with E-state index in [0.717, 1.165) is 29.7 Å². The van der Waals surface area contributed by atoms with Crippen LogP contribution < -0.4 is 10.1 Å². The van der Waals surface area contributed by atoms with Crippen LogP contribution in [-0.4, -0.2) is 36.4 Å². The van der Waals surface area contributed by atoms with E-state index in [0.29, 0.717) is 25.9 Å². The van der Waals surface area contributed by atoms with Gasteiger partial charge in [-0.05, 0) is 36.1 Å². The molecule has 0 spiro atoms. The molecule has 5 nitrogen and oxygen atoms in total. The largest absolute Gasteiger partial charge is 0.497 e. The second-order valence-electron chi connectivity index (χ2n) is 7.12. The van der Waals surface area contributed by atoms with E-state index in [1.807, 2.05) is 68.4 Å². The first-order valence-electron chi connectivity index (χ1n) is 10.3. The highest BCUT2D eigenvalue weighted by molar-refractivity contribution is 5.88. The lowest BCUT2D eigenvalue weighted by molar-refractivity contribution is -0.141. The SMILES string of the molecule is CCCNC(=O)C(Cc1ccccc1)N(Cc1ccc(OC)cc1)C(=O)CCC. The third kappa shape index (κ3) is 6.93. The quantitative estimate of drug-likeness (QED) is 0.625. The van der Waals surface area contributed by atoms with Crippen LogP contribution in [0.1, 0.15) is 44.2 Å². The highest BCUT2D eigenvalue weighted by Gasteiger charge is 2.29. The average Bonchev–Trinajstić information content (AvgIpc) is 2.75. The van der Waals surface area contributed by atoms with Gasteiger partial charge in [-0.1, -0.05) is 56.3 Å². The van der Waals surface area contributed by atoms with Crippen molar-refractivity contribution in [1.82, 2.24) is 10.2 Å². The van der Waals surface area contributed by atoms with Crippen LogP contribution in [0.5, 0.6) is 5.75 Å². The normalized spacial score (nSPS) is 11.6. The monoisotopic (exact) mass is 396 g/mol. The molecule has 0 aliphatic rings. The third-order valence-electron chi connectivity index (χ3n) is 4.80. The van der Waals surface area contributed by atoms with Crippen molar-refractivity contribution < 1.29 is 14.3 Å². The number of methoxy groups -OCH3 is 1. The van der Waals surface area contributed by atoms with Crippen LogP contribution in [0.3, 0.4) is 0 Å². The van der Waals surface area contributed by atoms with E-state index >= 15 is 0 Å². The van der Waals surface area contributed by atoms with Crippen molar-refractivity contribution in [3.8, 4) is 5.75 Å². The highest BCUT2D eigenvalue weighted by Crippen LogP contribution is 2.18. The van der Waals surface area contributed by atoms with Crippen molar-refractivity contribution in [3.63, 3.8) is 0 Å². The molecule has 2 amide bonds. The molecule has 1 atom stereocenters. The van der Waals surface area contributed by atoms with E-state index in [4.69, 9.17) is 4.74 Å². The minimum atomic E-state index is -0.551. The number of rotatable bonds is 11. The fourth-order valence-corrected chi connectivity index (χ4v) is 3.21. The molecule has 1 unspecified atom stereocenters. The number of nitrogens with one attached hydrogen (secondary N) is 1. The molecule has 0 aliphatic heterocycles. The first-order chi connectivity index (χ1) is 14.1. The molecule has 0 saturated carbocycles. The number of hydrogen-bond donors (Lipinski definition) is 1. The summed E-state index contributed by atoms with van der Waals surface area (Å²) in [4.78, 5) is 27.7. The van der Waals surface area contributed by atoms with E-state index in [1.165, 1.54) is 0 Å². The first-order valence-corrected chi connectivity index (χ1v) is 10.3. The molecule has 5 heteroatoms. The predicted molar refractivity (Wildman–Crippen MR) is 116 cm³/mol. The maximum Gasteiger partial charge on any atom is 0.243 e. The van der Waals surface area contributed by atoms with E-state index in [2.05, 4.69) is 5.32 Å². The molecular weight excluding hydrogens is 364 g/mol. The third-order valence-corrected chi connectivity index (χ3v) is 4.80. The highest BCUT2D eigenvalue weighted by atomic mass is 16.5. The molecule has 1 N–H and O–H groups in total. The lowest BCUT2D eigenvalue weighted by Gasteiger charge is -2.31. The minimum absolute atomic E-state index is 0.00380. The zero-order chi connectivity index (χ0) is 21.1. The van der Waals surface area contributed by atoms with Gasteiger partial charge in [-0.25, -0.2) is 0 Å². The van der Waals surface area contributed by atoms with E-state index < -0.39 is 6.04 Å². The lowest BCUT2D eigenvalue weighted by atomic mass is 10.0. The number of benzene rings is 2. The Balaban J connectivity index is 2.32. The molecule has 0 fully saturated rings. The molecule has 0 aromatic heterocycles. The van der Waals surface area contributed by atoms with Gasteiger partial charge < -0.3 is 15.0 Å². The summed E-state index contributed by atoms with van der Waals surface area (Å²) in [7, 11) is 1.63. The zero-order valence-electron chi connectivity index (χ0n) is 17.7. The Morgan fingerprint density at radius 1 is 0.966 bits per heavy atom. The predicted octanol–water partition coefficient (Wildman–Crippen LogP) is 3.96. The molecule has 2 rings (SSSR count). The summed E-state index contributed by atoms with van der Waals surface area (Å²) < 4.78 is 5.22. The van der Waals surface area contributed by atoms with E-state index in [1.54, 1.807) is 12.0 Å². The fourth-order valence-electron chi connectivity index (χ4n) is 3.21. The molecule has 29 heavy (non-hydrogen) atoms. The van der Waals surface area contributed by atoms with Crippen molar-refractivity contribution in [2.75, 3.05) is 13.7 Å². The van der Waals surface area contributed by atoms with Gasteiger partial charge in [0, 0.05) is 25.9 Å². The maximum absolute atomic E-state index is 13.0. The Morgan fingerprint density at radius 2 is 1.66 bits per heavy atom. The standard InChI is InChI=1S/C24H32N2O3/c1-4-9-23(27)26(18-20-12-14-21(29-3)15-13-20)22(24(28)25-16-5-2)17-19-10-7-6-8-11-19/h6-8,10-15,22H,4-5,9,16-18H2,1-3H3,(H,25,28). The second kappa shape index (κ2) is 11.9. The van der Waals surface area contributed by atoms with Gasteiger partial charge in [0.25, 0.3) is 0 Å². The van der Waals surface area contributed by atoms with Gasteiger partial charge in [0.15, 0.2) is 0 Å². The lowest BCUT2D eigenvalue weighted by Crippen LogP contribution is -2.50. The number of amides is 2. The Hall–Kier alpha value is -2.82. The summed E-state index contributed by atoms with van der Waals surface area (Å²) in [6.45, 7) is 4.99. The summed E-state index contributed by atoms with van der Waals surface area (Å²) in [5.74, 6) is 0.659. The number of hydrogen-bond acceptors (Lipinski definition) is 3. The summed E-state index contributed by atoms with van der Waals surface area (Å²) in [6, 6.07) is 16.9. The van der Waals surface area contributed by atoms with Crippen molar-refractivity contribution in [3.05, 3.63) is 65.7 Å². The smallest absolute Gasteiger partial charge is 0.243 e. The molecule has 0 aliphatic carbocycles. The number of carbonyl (C=O) groups is 2. The van der Waals surface area contributed by atoms with Gasteiger partial charge in [0.1, 0.15) is 11.8 Å². The second-order valence-corrected chi connectivity index (χ2v) is 7.12. The van der Waals surface area contributed by atoms with Gasteiger partial charge in [0.2, 0.25) is 11.8 Å². The van der Waals surface area contributed by atoms with Crippen LogP contribution in [0.2, 0.25) is 0 Å². The van der Waals surface area contributed by atoms with Gasteiger partial charge in [-0.3, -0.25) is 9.59 Å². The number of ether oxygens (including phenoxy) is 1. The summed E-state index contributed by atoms with van der Waals surface area (Å²) in [6.07, 6.45) is 2.50. The summed E-state index contributed by atoms with van der Waals surface area (Å²) >= 11 is 0. The maximum atomic E-state index is 13.0. The number of nitrogens with zero attached hydrogens (tertiary/aromatic N) is 1. The van der Waals surface area contributed by atoms with Gasteiger partial charge in [0.05, 0.1) is 7.11 Å². The van der Waals surface area contributed by atoms with Crippen LogP contribution in [-0.2, 0) is 22.6 Å². The van der Waals surface area contributed by atoms with Crippen LogP contribution in [0.15, 0.2) is 54.6 Å². The van der Waals surface area contributed by atoms with Crippen molar-refractivity contribution in [1.29, 1.82) is 0 Å². The van der Waals surface area contributed by atoms with Gasteiger partial charge in [-0.15, -0.1) is 0 Å². The van der Waals surface area contributed by atoms with Gasteiger partial charge >= 0.3 is 0 Å². The van der Waals surface area contributed by atoms with E-state index in [-0.39, 0.29) is 11.8 Å². The first kappa shape index (κ1) is 22.5. The summed E-state index contributed by atoms with van der Waals surface area (Å²) in [5, 5.41) is 2.98. The Labute approximate surface area is 174 Å². The molecule has 0 heterocycles. The molecule has 0 bridgehead atoms. The minimum Gasteiger partial charge on any atom is -0.497 e. The van der Waals surface area contributed by atoms with Crippen molar-refractivity contribution in [2.45, 2.75) is 52.1 Å². The zero-order valence-corrected chi connectivity index (χ0v) is 17.7. The van der Waals surface area contributed by atoms with E-state index in [9.17, 15) is 9.59 Å². The molecule has 0 radical (unpaired) electrons. The average molecular weight is 397 g/mol. The topological polar surface area (TPSA) is 58.6 Å². The molecule has 2 aromatic carbocycles. The summed E-state index contributed by atoms with van der Waals surface area (Å²) in [5.41, 5.74) is 2.00. The Kier molecular flexibility index (Phi) is 9.22. The van der Waals surface area contributed by atoms with Crippen molar-refractivity contribution in [2.24, 2.45) is 0 Å².